The third-order valence-corrected chi connectivity index (χ3v) is 1.73. The smallest absolute Gasteiger partial charge is 0.189 e. The van der Waals surface area contributed by atoms with Crippen molar-refractivity contribution in [2.45, 2.75) is 6.61 Å². The van der Waals surface area contributed by atoms with Crippen molar-refractivity contribution in [3.63, 3.8) is 0 Å². The fourth-order valence-electron chi connectivity index (χ4n) is 1.11. The quantitative estimate of drug-likeness (QED) is 0.639. The molecule has 0 amide bonds. The zero-order valence-corrected chi connectivity index (χ0v) is 6.21. The molecule has 1 heterocycles. The van der Waals surface area contributed by atoms with Crippen molar-refractivity contribution < 1.29 is 19.0 Å². The number of phenolic OH excluding ortho intramolecular Hbond substituents is 1. The lowest BCUT2D eigenvalue weighted by Crippen LogP contribution is -2.11. The standard InChI is InChI=1S/C8H7FO3/c9-6-1-2-7-5(8(6)10)3-11-4-12-7/h1-2,10H,3-4H2. The van der Waals surface area contributed by atoms with E-state index in [0.717, 1.165) is 0 Å². The first-order chi connectivity index (χ1) is 5.79. The van der Waals surface area contributed by atoms with E-state index in [1.807, 2.05) is 0 Å². The zero-order valence-electron chi connectivity index (χ0n) is 6.21. The Morgan fingerprint density at radius 3 is 3.08 bits per heavy atom. The van der Waals surface area contributed by atoms with E-state index >= 15 is 0 Å². The van der Waals surface area contributed by atoms with Crippen LogP contribution in [0.25, 0.3) is 0 Å². The lowest BCUT2D eigenvalue weighted by atomic mass is 10.1. The van der Waals surface area contributed by atoms with Gasteiger partial charge >= 0.3 is 0 Å². The van der Waals surface area contributed by atoms with E-state index in [-0.39, 0.29) is 19.1 Å². The minimum atomic E-state index is -0.650. The summed E-state index contributed by atoms with van der Waals surface area (Å²) in [6.07, 6.45) is 0. The number of fused-ring (bicyclic) bond motifs is 1. The average molecular weight is 170 g/mol. The van der Waals surface area contributed by atoms with Gasteiger partial charge in [0.15, 0.2) is 18.4 Å². The van der Waals surface area contributed by atoms with Gasteiger partial charge in [0, 0.05) is 0 Å². The zero-order chi connectivity index (χ0) is 8.55. The van der Waals surface area contributed by atoms with Crippen molar-refractivity contribution in [1.82, 2.24) is 0 Å². The Labute approximate surface area is 68.3 Å². The number of phenols is 1. The van der Waals surface area contributed by atoms with E-state index in [1.54, 1.807) is 0 Å². The first kappa shape index (κ1) is 7.36. The maximum Gasteiger partial charge on any atom is 0.189 e. The van der Waals surface area contributed by atoms with Gasteiger partial charge < -0.3 is 14.6 Å². The number of ether oxygens (including phenoxy) is 2. The Morgan fingerprint density at radius 2 is 2.25 bits per heavy atom. The van der Waals surface area contributed by atoms with E-state index in [2.05, 4.69) is 0 Å². The topological polar surface area (TPSA) is 38.7 Å². The number of hydrogen-bond donors (Lipinski definition) is 1. The first-order valence-corrected chi connectivity index (χ1v) is 3.50. The van der Waals surface area contributed by atoms with Crippen LogP contribution in [-0.4, -0.2) is 11.9 Å². The van der Waals surface area contributed by atoms with Crippen molar-refractivity contribution in [3.05, 3.63) is 23.5 Å². The molecule has 0 aliphatic carbocycles. The molecule has 0 saturated heterocycles. The number of rotatable bonds is 0. The molecule has 4 heteroatoms. The molecule has 1 aromatic rings. The Bertz CT molecular complexity index is 311. The van der Waals surface area contributed by atoms with Crippen molar-refractivity contribution in [3.8, 4) is 11.5 Å². The van der Waals surface area contributed by atoms with Gasteiger partial charge in [-0.25, -0.2) is 4.39 Å². The molecule has 0 radical (unpaired) electrons. The summed E-state index contributed by atoms with van der Waals surface area (Å²) in [5.74, 6) is -0.546. The van der Waals surface area contributed by atoms with E-state index in [4.69, 9.17) is 9.47 Å². The highest BCUT2D eigenvalue weighted by Crippen LogP contribution is 2.32. The van der Waals surface area contributed by atoms with E-state index in [9.17, 15) is 9.50 Å². The molecule has 0 aromatic heterocycles. The number of aromatic hydroxyl groups is 1. The van der Waals surface area contributed by atoms with E-state index < -0.39 is 5.82 Å². The van der Waals surface area contributed by atoms with Gasteiger partial charge in [-0.1, -0.05) is 0 Å². The predicted octanol–water partition coefficient (Wildman–Crippen LogP) is 1.40. The van der Waals surface area contributed by atoms with Crippen molar-refractivity contribution >= 4 is 0 Å². The average Bonchev–Trinajstić information content (AvgIpc) is 2.12. The van der Waals surface area contributed by atoms with Gasteiger partial charge in [-0.15, -0.1) is 0 Å². The molecule has 3 nitrogen and oxygen atoms in total. The number of halogens is 1. The van der Waals surface area contributed by atoms with Crippen LogP contribution in [0, 0.1) is 5.82 Å². The van der Waals surface area contributed by atoms with Crippen molar-refractivity contribution in [2.24, 2.45) is 0 Å². The van der Waals surface area contributed by atoms with Crippen LogP contribution in [0.3, 0.4) is 0 Å². The van der Waals surface area contributed by atoms with Gasteiger partial charge in [0.1, 0.15) is 5.75 Å². The van der Waals surface area contributed by atoms with Gasteiger partial charge in [-0.2, -0.15) is 0 Å². The summed E-state index contributed by atoms with van der Waals surface area (Å²) in [6.45, 7) is 0.344. The van der Waals surface area contributed by atoms with Gasteiger partial charge in [0.2, 0.25) is 0 Å². The monoisotopic (exact) mass is 170 g/mol. The van der Waals surface area contributed by atoms with Gasteiger partial charge in [-0.3, -0.25) is 0 Å². The third-order valence-electron chi connectivity index (χ3n) is 1.73. The van der Waals surface area contributed by atoms with Gasteiger partial charge in [0.05, 0.1) is 12.2 Å². The van der Waals surface area contributed by atoms with Crippen LogP contribution < -0.4 is 4.74 Å². The minimum Gasteiger partial charge on any atom is -0.504 e. The second-order valence-corrected chi connectivity index (χ2v) is 2.48. The number of hydrogen-bond acceptors (Lipinski definition) is 3. The van der Waals surface area contributed by atoms with Crippen LogP contribution in [0.4, 0.5) is 4.39 Å². The summed E-state index contributed by atoms with van der Waals surface area (Å²) in [5.41, 5.74) is 0.376. The molecular formula is C8H7FO3. The van der Waals surface area contributed by atoms with Crippen LogP contribution in [0.1, 0.15) is 5.56 Å². The first-order valence-electron chi connectivity index (χ1n) is 3.50. The third kappa shape index (κ3) is 1.00. The fourth-order valence-corrected chi connectivity index (χ4v) is 1.11. The molecule has 2 rings (SSSR count). The Morgan fingerprint density at radius 1 is 1.42 bits per heavy atom. The summed E-state index contributed by atoms with van der Waals surface area (Å²) >= 11 is 0. The summed E-state index contributed by atoms with van der Waals surface area (Å²) in [7, 11) is 0. The molecule has 0 fully saturated rings. The lowest BCUT2D eigenvalue weighted by molar-refractivity contribution is -0.0178. The molecule has 0 spiro atoms. The van der Waals surface area contributed by atoms with Gasteiger partial charge in [-0.05, 0) is 12.1 Å². The Hall–Kier alpha value is -1.29. The van der Waals surface area contributed by atoms with Crippen LogP contribution in [0.5, 0.6) is 11.5 Å². The second-order valence-electron chi connectivity index (χ2n) is 2.48. The molecule has 1 aromatic carbocycles. The summed E-state index contributed by atoms with van der Waals surface area (Å²) in [4.78, 5) is 0. The summed E-state index contributed by atoms with van der Waals surface area (Å²) in [6, 6.07) is 2.65. The van der Waals surface area contributed by atoms with Crippen LogP contribution in [-0.2, 0) is 11.3 Å². The highest BCUT2D eigenvalue weighted by atomic mass is 19.1. The fraction of sp³-hybridized carbons (Fsp3) is 0.250. The summed E-state index contributed by atoms with van der Waals surface area (Å²) in [5, 5.41) is 9.21. The lowest BCUT2D eigenvalue weighted by Gasteiger charge is -2.18. The molecule has 0 bridgehead atoms. The van der Waals surface area contributed by atoms with Gasteiger partial charge in [0.25, 0.3) is 0 Å². The molecule has 1 N–H and O–H groups in total. The molecular weight excluding hydrogens is 163 g/mol. The molecule has 1 aliphatic heterocycles. The summed E-state index contributed by atoms with van der Waals surface area (Å²) < 4.78 is 22.6. The molecule has 12 heavy (non-hydrogen) atoms. The molecule has 0 atom stereocenters. The maximum atomic E-state index is 12.7. The highest BCUT2D eigenvalue weighted by Gasteiger charge is 2.17. The molecule has 0 unspecified atom stereocenters. The number of benzene rings is 1. The maximum absolute atomic E-state index is 12.7. The Kier molecular flexibility index (Phi) is 1.62. The van der Waals surface area contributed by atoms with E-state index in [1.165, 1.54) is 12.1 Å². The van der Waals surface area contributed by atoms with Crippen LogP contribution >= 0.6 is 0 Å². The minimum absolute atomic E-state index is 0.151. The van der Waals surface area contributed by atoms with Crippen LogP contribution in [0.15, 0.2) is 12.1 Å². The van der Waals surface area contributed by atoms with Crippen molar-refractivity contribution in [2.75, 3.05) is 6.79 Å². The Balaban J connectivity index is 2.54. The normalized spacial score (nSPS) is 15.1. The van der Waals surface area contributed by atoms with Crippen molar-refractivity contribution in [1.29, 1.82) is 0 Å². The largest absolute Gasteiger partial charge is 0.504 e. The molecule has 1 aliphatic rings. The highest BCUT2D eigenvalue weighted by molar-refractivity contribution is 5.44. The predicted molar refractivity (Wildman–Crippen MR) is 38.3 cm³/mol. The SMILES string of the molecule is Oc1c(F)ccc2c1COCO2. The molecule has 0 saturated carbocycles. The van der Waals surface area contributed by atoms with Crippen LogP contribution in [0.2, 0.25) is 0 Å². The molecule has 64 valence electrons. The second kappa shape index (κ2) is 2.64. The van der Waals surface area contributed by atoms with E-state index in [0.29, 0.717) is 11.3 Å².